The van der Waals surface area contributed by atoms with Gasteiger partial charge in [0, 0.05) is 5.54 Å². The zero-order chi connectivity index (χ0) is 15.6. The van der Waals surface area contributed by atoms with E-state index in [0.717, 1.165) is 12.0 Å². The molecular weight excluding hydrogens is 246 g/mol. The number of hydrogen-bond acceptors (Lipinski definition) is 1. The van der Waals surface area contributed by atoms with Gasteiger partial charge in [-0.2, -0.15) is 0 Å². The Hall–Kier alpha value is -1.31. The normalized spacial score (nSPS) is 12.3. The Kier molecular flexibility index (Phi) is 5.01. The second-order valence-corrected chi connectivity index (χ2v) is 7.78. The number of rotatable bonds is 4. The van der Waals surface area contributed by atoms with Gasteiger partial charge in [-0.05, 0) is 50.7 Å². The Morgan fingerprint density at radius 1 is 1.10 bits per heavy atom. The van der Waals surface area contributed by atoms with Crippen molar-refractivity contribution in [1.82, 2.24) is 5.32 Å². The van der Waals surface area contributed by atoms with Crippen LogP contribution in [0.2, 0.25) is 0 Å². The molecule has 0 aromatic heterocycles. The second kappa shape index (κ2) is 5.99. The largest absolute Gasteiger partial charge is 0.351 e. The molecule has 0 heterocycles. The highest BCUT2D eigenvalue weighted by Crippen LogP contribution is 2.26. The van der Waals surface area contributed by atoms with Crippen LogP contribution < -0.4 is 5.32 Å². The van der Waals surface area contributed by atoms with Gasteiger partial charge >= 0.3 is 0 Å². The van der Waals surface area contributed by atoms with E-state index in [1.165, 1.54) is 11.1 Å². The lowest BCUT2D eigenvalue weighted by atomic mass is 9.81. The molecule has 0 saturated carbocycles. The Bertz CT molecular complexity index is 481. The SMILES string of the molecule is Cc1ccc(CC(=O)NC(C)(C)CC(C)(C)C)c(C)c1. The fraction of sp³-hybridized carbons (Fsp3) is 0.611. The van der Waals surface area contributed by atoms with Crippen LogP contribution in [0.5, 0.6) is 0 Å². The molecule has 1 aromatic rings. The highest BCUT2D eigenvalue weighted by molar-refractivity contribution is 5.79. The lowest BCUT2D eigenvalue weighted by molar-refractivity contribution is -0.122. The van der Waals surface area contributed by atoms with Gasteiger partial charge in [0.2, 0.25) is 5.91 Å². The maximum Gasteiger partial charge on any atom is 0.224 e. The Morgan fingerprint density at radius 3 is 2.20 bits per heavy atom. The summed E-state index contributed by atoms with van der Waals surface area (Å²) < 4.78 is 0. The summed E-state index contributed by atoms with van der Waals surface area (Å²) in [6.07, 6.45) is 1.41. The predicted molar refractivity (Wildman–Crippen MR) is 85.9 cm³/mol. The molecule has 112 valence electrons. The molecule has 0 bridgehead atoms. The van der Waals surface area contributed by atoms with Gasteiger partial charge in [0.05, 0.1) is 6.42 Å². The molecule has 0 aliphatic rings. The van der Waals surface area contributed by atoms with E-state index in [4.69, 9.17) is 0 Å². The van der Waals surface area contributed by atoms with Crippen molar-refractivity contribution in [3.63, 3.8) is 0 Å². The molecule has 1 rings (SSSR count). The molecule has 0 unspecified atom stereocenters. The summed E-state index contributed by atoms with van der Waals surface area (Å²) in [6, 6.07) is 6.25. The minimum Gasteiger partial charge on any atom is -0.351 e. The van der Waals surface area contributed by atoms with Gasteiger partial charge < -0.3 is 5.32 Å². The molecule has 0 aliphatic heterocycles. The van der Waals surface area contributed by atoms with Crippen LogP contribution in [0.25, 0.3) is 0 Å². The molecular formula is C18H29NO. The van der Waals surface area contributed by atoms with E-state index in [1.54, 1.807) is 0 Å². The van der Waals surface area contributed by atoms with E-state index in [2.05, 4.69) is 72.0 Å². The minimum absolute atomic E-state index is 0.103. The molecule has 2 heteroatoms. The second-order valence-electron chi connectivity index (χ2n) is 7.78. The molecule has 1 N–H and O–H groups in total. The molecule has 0 atom stereocenters. The van der Waals surface area contributed by atoms with Gasteiger partial charge in [-0.3, -0.25) is 4.79 Å². The van der Waals surface area contributed by atoms with Crippen molar-refractivity contribution in [3.05, 3.63) is 34.9 Å². The Morgan fingerprint density at radius 2 is 1.70 bits per heavy atom. The van der Waals surface area contributed by atoms with E-state index in [0.29, 0.717) is 6.42 Å². The van der Waals surface area contributed by atoms with Gasteiger partial charge in [0.15, 0.2) is 0 Å². The topological polar surface area (TPSA) is 29.1 Å². The van der Waals surface area contributed by atoms with Crippen LogP contribution in [0.15, 0.2) is 18.2 Å². The van der Waals surface area contributed by atoms with Gasteiger partial charge in [-0.1, -0.05) is 44.5 Å². The molecule has 20 heavy (non-hydrogen) atoms. The van der Waals surface area contributed by atoms with Crippen LogP contribution in [0.1, 0.15) is 57.7 Å². The lowest BCUT2D eigenvalue weighted by Crippen LogP contribution is -2.46. The average Bonchev–Trinajstić information content (AvgIpc) is 2.17. The van der Waals surface area contributed by atoms with Crippen molar-refractivity contribution in [2.75, 3.05) is 0 Å². The predicted octanol–water partition coefficient (Wildman–Crippen LogP) is 4.18. The first-order chi connectivity index (χ1) is 8.98. The van der Waals surface area contributed by atoms with Gasteiger partial charge in [-0.25, -0.2) is 0 Å². The molecule has 0 aliphatic carbocycles. The first-order valence-corrected chi connectivity index (χ1v) is 7.36. The maximum atomic E-state index is 12.2. The monoisotopic (exact) mass is 275 g/mol. The van der Waals surface area contributed by atoms with Crippen molar-refractivity contribution in [2.24, 2.45) is 5.41 Å². The van der Waals surface area contributed by atoms with Crippen molar-refractivity contribution < 1.29 is 4.79 Å². The minimum atomic E-state index is -0.173. The number of aryl methyl sites for hydroxylation is 2. The van der Waals surface area contributed by atoms with Crippen LogP contribution in [-0.2, 0) is 11.2 Å². The number of hydrogen-bond donors (Lipinski definition) is 1. The summed E-state index contributed by atoms with van der Waals surface area (Å²) in [4.78, 5) is 12.2. The van der Waals surface area contributed by atoms with E-state index in [1.807, 2.05) is 0 Å². The fourth-order valence-corrected chi connectivity index (χ4v) is 3.01. The Labute approximate surface area is 124 Å². The molecule has 2 nitrogen and oxygen atoms in total. The third kappa shape index (κ3) is 5.77. The summed E-state index contributed by atoms with van der Waals surface area (Å²) in [7, 11) is 0. The molecule has 0 saturated heterocycles. The highest BCUT2D eigenvalue weighted by atomic mass is 16.1. The van der Waals surface area contributed by atoms with Crippen molar-refractivity contribution >= 4 is 5.91 Å². The molecule has 1 aromatic carbocycles. The van der Waals surface area contributed by atoms with Gasteiger partial charge in [0.25, 0.3) is 0 Å². The van der Waals surface area contributed by atoms with E-state index in [9.17, 15) is 4.79 Å². The van der Waals surface area contributed by atoms with E-state index in [-0.39, 0.29) is 16.9 Å². The molecule has 1 amide bonds. The summed E-state index contributed by atoms with van der Waals surface area (Å²) in [5.41, 5.74) is 3.57. The third-order valence-corrected chi connectivity index (χ3v) is 3.30. The molecule has 0 spiro atoms. The highest BCUT2D eigenvalue weighted by Gasteiger charge is 2.26. The average molecular weight is 275 g/mol. The number of carbonyl (C=O) groups is 1. The van der Waals surface area contributed by atoms with E-state index < -0.39 is 0 Å². The maximum absolute atomic E-state index is 12.2. The van der Waals surface area contributed by atoms with Crippen LogP contribution in [0, 0.1) is 19.3 Å². The third-order valence-electron chi connectivity index (χ3n) is 3.30. The van der Waals surface area contributed by atoms with Crippen molar-refractivity contribution in [3.8, 4) is 0 Å². The van der Waals surface area contributed by atoms with Crippen LogP contribution >= 0.6 is 0 Å². The number of nitrogens with one attached hydrogen (secondary N) is 1. The van der Waals surface area contributed by atoms with Gasteiger partial charge in [0.1, 0.15) is 0 Å². The van der Waals surface area contributed by atoms with Crippen molar-refractivity contribution in [2.45, 2.75) is 66.8 Å². The first-order valence-electron chi connectivity index (χ1n) is 7.36. The number of carbonyl (C=O) groups excluding carboxylic acids is 1. The molecule has 0 fully saturated rings. The van der Waals surface area contributed by atoms with E-state index >= 15 is 0 Å². The van der Waals surface area contributed by atoms with Gasteiger partial charge in [-0.15, -0.1) is 0 Å². The lowest BCUT2D eigenvalue weighted by Gasteiger charge is -2.33. The van der Waals surface area contributed by atoms with Crippen LogP contribution in [-0.4, -0.2) is 11.4 Å². The summed E-state index contributed by atoms with van der Waals surface area (Å²) in [6.45, 7) is 14.9. The number of amides is 1. The zero-order valence-corrected chi connectivity index (χ0v) is 14.1. The standard InChI is InChI=1S/C18H29NO/c1-13-8-9-15(14(2)10-13)11-16(20)19-18(6,7)12-17(3,4)5/h8-10H,11-12H2,1-7H3,(H,19,20). The summed E-state index contributed by atoms with van der Waals surface area (Å²) in [5.74, 6) is 0.103. The summed E-state index contributed by atoms with van der Waals surface area (Å²) in [5, 5.41) is 3.16. The van der Waals surface area contributed by atoms with Crippen LogP contribution in [0.4, 0.5) is 0 Å². The fourth-order valence-electron chi connectivity index (χ4n) is 3.01. The Balaban J connectivity index is 2.68. The first kappa shape index (κ1) is 16.7. The van der Waals surface area contributed by atoms with Crippen LogP contribution in [0.3, 0.4) is 0 Å². The summed E-state index contributed by atoms with van der Waals surface area (Å²) >= 11 is 0. The number of benzene rings is 1. The molecule has 0 radical (unpaired) electrons. The zero-order valence-electron chi connectivity index (χ0n) is 14.1. The quantitative estimate of drug-likeness (QED) is 0.877. The van der Waals surface area contributed by atoms with Crippen molar-refractivity contribution in [1.29, 1.82) is 0 Å². The smallest absolute Gasteiger partial charge is 0.224 e.